The lowest BCUT2D eigenvalue weighted by molar-refractivity contribution is -0.138. The Labute approximate surface area is 199 Å². The molecular weight excluding hydrogens is 438 g/mol. The molecule has 5 rings (SSSR count). The zero-order valence-corrected chi connectivity index (χ0v) is 20.3. The number of fused-ring (bicyclic) bond motifs is 8. The molecule has 8 nitrogen and oxygen atoms in total. The Kier molecular flexibility index (Phi) is 7.05. The zero-order chi connectivity index (χ0) is 23.6. The molecule has 4 aliphatic heterocycles. The van der Waals surface area contributed by atoms with E-state index in [-0.39, 0.29) is 42.9 Å². The monoisotopic (exact) mass is 471 g/mol. The fourth-order valence-corrected chi connectivity index (χ4v) is 6.22. The number of aromatic nitrogens is 1. The van der Waals surface area contributed by atoms with Gasteiger partial charge in [0.05, 0.1) is 22.7 Å². The molecule has 2 saturated heterocycles. The fourth-order valence-electron chi connectivity index (χ4n) is 5.11. The van der Waals surface area contributed by atoms with Gasteiger partial charge in [0.25, 0.3) is 0 Å². The standard InChI is InChI=1S/C24H33N5O3S/c1-4-5-18-23(32)29-10-6-17(7-11-29)22-26-19(16(2)33-22)14-20(30)27-24(15-21(31)25-18)8-12-28(3)13-9-24/h1,17-18H,5-15H2,2-3H3,(H,25,31)(H,27,30)/t18-/m1/s1. The predicted octanol–water partition coefficient (Wildman–Crippen LogP) is 1.19. The van der Waals surface area contributed by atoms with Gasteiger partial charge in [-0.25, -0.2) is 4.98 Å². The number of hydrogen-bond acceptors (Lipinski definition) is 6. The van der Waals surface area contributed by atoms with Gasteiger partial charge in [-0.05, 0) is 39.7 Å². The number of aryl methyl sites for hydroxylation is 1. The molecule has 0 radical (unpaired) electrons. The van der Waals surface area contributed by atoms with Crippen LogP contribution < -0.4 is 10.6 Å². The molecule has 9 heteroatoms. The Morgan fingerprint density at radius 1 is 1.15 bits per heavy atom. The molecule has 178 valence electrons. The molecule has 0 saturated carbocycles. The lowest BCUT2D eigenvalue weighted by Crippen LogP contribution is -2.58. The van der Waals surface area contributed by atoms with Crippen LogP contribution in [0.2, 0.25) is 0 Å². The minimum Gasteiger partial charge on any atom is -0.350 e. The molecule has 0 aromatic carbocycles. The number of hydrogen-bond donors (Lipinski definition) is 2. The average molecular weight is 472 g/mol. The average Bonchev–Trinajstić information content (AvgIpc) is 3.14. The summed E-state index contributed by atoms with van der Waals surface area (Å²) in [5.74, 6) is 2.35. The summed E-state index contributed by atoms with van der Waals surface area (Å²) in [7, 11) is 2.04. The second kappa shape index (κ2) is 9.82. The lowest BCUT2D eigenvalue weighted by atomic mass is 9.83. The van der Waals surface area contributed by atoms with E-state index in [2.05, 4.69) is 21.5 Å². The van der Waals surface area contributed by atoms with Crippen molar-refractivity contribution in [1.82, 2.24) is 25.4 Å². The lowest BCUT2D eigenvalue weighted by Gasteiger charge is -2.41. The van der Waals surface area contributed by atoms with Gasteiger partial charge in [-0.15, -0.1) is 23.7 Å². The Morgan fingerprint density at radius 3 is 2.52 bits per heavy atom. The number of nitrogens with one attached hydrogen (secondary N) is 2. The highest BCUT2D eigenvalue weighted by molar-refractivity contribution is 7.11. The SMILES string of the molecule is C#CC[C@H]1NC(=O)CC2(CCN(C)CC2)NC(=O)Cc2nc(sc2C)C2CCN(CC2)C1=O. The van der Waals surface area contributed by atoms with Gasteiger partial charge in [0.15, 0.2) is 0 Å². The van der Waals surface area contributed by atoms with Crippen LogP contribution in [0, 0.1) is 19.3 Å². The van der Waals surface area contributed by atoms with Gasteiger partial charge in [0.2, 0.25) is 17.7 Å². The van der Waals surface area contributed by atoms with Crippen molar-refractivity contribution < 1.29 is 14.4 Å². The molecule has 0 unspecified atom stereocenters. The second-order valence-corrected chi connectivity index (χ2v) is 10.9. The molecule has 2 N–H and O–H groups in total. The van der Waals surface area contributed by atoms with Crippen LogP contribution in [0.15, 0.2) is 0 Å². The van der Waals surface area contributed by atoms with Crippen molar-refractivity contribution in [1.29, 1.82) is 0 Å². The number of terminal acetylenes is 1. The summed E-state index contributed by atoms with van der Waals surface area (Å²) >= 11 is 1.66. The van der Waals surface area contributed by atoms with Gasteiger partial charge in [-0.3, -0.25) is 14.4 Å². The van der Waals surface area contributed by atoms with E-state index in [1.807, 2.05) is 18.9 Å². The largest absolute Gasteiger partial charge is 0.350 e. The van der Waals surface area contributed by atoms with E-state index in [4.69, 9.17) is 11.4 Å². The number of rotatable bonds is 1. The van der Waals surface area contributed by atoms with Gasteiger partial charge in [-0.2, -0.15) is 0 Å². The summed E-state index contributed by atoms with van der Waals surface area (Å²) in [6, 6.07) is -0.736. The summed E-state index contributed by atoms with van der Waals surface area (Å²) in [6.45, 7) is 4.82. The number of nitrogens with zero attached hydrogens (tertiary/aromatic N) is 3. The summed E-state index contributed by atoms with van der Waals surface area (Å²) < 4.78 is 0. The first-order valence-electron chi connectivity index (χ1n) is 11.8. The number of piperidine rings is 2. The van der Waals surface area contributed by atoms with Crippen LogP contribution in [0.3, 0.4) is 0 Å². The topological polar surface area (TPSA) is 94.6 Å². The maximum atomic E-state index is 13.2. The highest BCUT2D eigenvalue weighted by atomic mass is 32.1. The number of carbonyl (C=O) groups excluding carboxylic acids is 3. The summed E-state index contributed by atoms with van der Waals surface area (Å²) in [4.78, 5) is 49.3. The van der Waals surface area contributed by atoms with Gasteiger partial charge in [0, 0.05) is 49.8 Å². The molecule has 0 aliphatic carbocycles. The number of amides is 3. The Hall–Kier alpha value is -2.44. The van der Waals surface area contributed by atoms with Gasteiger partial charge < -0.3 is 20.4 Å². The van der Waals surface area contributed by atoms with Crippen LogP contribution in [-0.2, 0) is 20.8 Å². The number of thiazole rings is 1. The van der Waals surface area contributed by atoms with Crippen molar-refractivity contribution in [3.8, 4) is 12.3 Å². The minimum absolute atomic E-state index is 0.106. The molecule has 5 heterocycles. The highest BCUT2D eigenvalue weighted by Gasteiger charge is 2.39. The van der Waals surface area contributed by atoms with Crippen LogP contribution >= 0.6 is 11.3 Å². The first-order chi connectivity index (χ1) is 15.8. The Bertz CT molecular complexity index is 952. The maximum absolute atomic E-state index is 13.2. The Morgan fingerprint density at radius 2 is 1.85 bits per heavy atom. The summed E-state index contributed by atoms with van der Waals surface area (Å²) in [5, 5.41) is 7.13. The van der Waals surface area contributed by atoms with Crippen molar-refractivity contribution in [2.75, 3.05) is 33.2 Å². The van der Waals surface area contributed by atoms with Crippen LogP contribution in [0.25, 0.3) is 0 Å². The fraction of sp³-hybridized carbons (Fsp3) is 0.667. The molecule has 3 amide bonds. The van der Waals surface area contributed by atoms with E-state index in [1.165, 1.54) is 0 Å². The molecule has 4 bridgehead atoms. The van der Waals surface area contributed by atoms with Crippen LogP contribution in [-0.4, -0.2) is 77.3 Å². The van der Waals surface area contributed by atoms with Crippen molar-refractivity contribution in [2.24, 2.45) is 0 Å². The van der Waals surface area contributed by atoms with Gasteiger partial charge >= 0.3 is 0 Å². The van der Waals surface area contributed by atoms with Gasteiger partial charge in [0.1, 0.15) is 6.04 Å². The molecule has 2 fully saturated rings. The molecule has 1 aromatic heterocycles. The smallest absolute Gasteiger partial charge is 0.246 e. The third kappa shape index (κ3) is 5.39. The quantitative estimate of drug-likeness (QED) is 0.600. The van der Waals surface area contributed by atoms with E-state index >= 15 is 0 Å². The Balaban J connectivity index is 1.64. The van der Waals surface area contributed by atoms with Crippen LogP contribution in [0.5, 0.6) is 0 Å². The highest BCUT2D eigenvalue weighted by Crippen LogP contribution is 2.33. The van der Waals surface area contributed by atoms with Crippen LogP contribution in [0.1, 0.15) is 60.0 Å². The third-order valence-corrected chi connectivity index (χ3v) is 8.37. The number of likely N-dealkylation sites (tertiary alicyclic amines) is 1. The molecule has 33 heavy (non-hydrogen) atoms. The van der Waals surface area contributed by atoms with Crippen molar-refractivity contribution >= 4 is 29.1 Å². The van der Waals surface area contributed by atoms with E-state index in [0.29, 0.717) is 25.9 Å². The molecule has 1 aromatic rings. The molecule has 4 aliphatic rings. The summed E-state index contributed by atoms with van der Waals surface area (Å²) in [6.07, 6.45) is 9.01. The zero-order valence-electron chi connectivity index (χ0n) is 19.5. The summed E-state index contributed by atoms with van der Waals surface area (Å²) in [5.41, 5.74) is 0.181. The minimum atomic E-state index is -0.736. The van der Waals surface area contributed by atoms with Crippen LogP contribution in [0.4, 0.5) is 0 Å². The van der Waals surface area contributed by atoms with E-state index in [9.17, 15) is 14.4 Å². The van der Waals surface area contributed by atoms with Crippen molar-refractivity contribution in [2.45, 2.75) is 69.4 Å². The van der Waals surface area contributed by atoms with E-state index < -0.39 is 11.6 Å². The first kappa shape index (κ1) is 23.7. The molecule has 1 spiro atoms. The van der Waals surface area contributed by atoms with Crippen molar-refractivity contribution in [3.63, 3.8) is 0 Å². The molecule has 1 atom stereocenters. The maximum Gasteiger partial charge on any atom is 0.246 e. The first-order valence-corrected chi connectivity index (χ1v) is 12.6. The van der Waals surface area contributed by atoms with E-state index in [0.717, 1.165) is 41.5 Å². The second-order valence-electron chi connectivity index (χ2n) is 9.67. The van der Waals surface area contributed by atoms with E-state index in [1.54, 1.807) is 11.3 Å². The number of carbonyl (C=O) groups is 3. The third-order valence-electron chi connectivity index (χ3n) is 7.20. The van der Waals surface area contributed by atoms with Gasteiger partial charge in [-0.1, -0.05) is 0 Å². The normalized spacial score (nSPS) is 25.1. The van der Waals surface area contributed by atoms with Crippen molar-refractivity contribution in [3.05, 3.63) is 15.6 Å². The predicted molar refractivity (Wildman–Crippen MR) is 127 cm³/mol. The molecular formula is C24H33N5O3S.